The van der Waals surface area contributed by atoms with Gasteiger partial charge in [-0.25, -0.2) is 4.79 Å². The van der Waals surface area contributed by atoms with E-state index in [1.165, 1.54) is 5.56 Å². The molecule has 0 radical (unpaired) electrons. The number of pyridine rings is 1. The molecule has 2 aromatic rings. The van der Waals surface area contributed by atoms with E-state index in [4.69, 9.17) is 15.5 Å². The summed E-state index contributed by atoms with van der Waals surface area (Å²) in [5.74, 6) is 0.472. The molecule has 0 amide bonds. The molecule has 30 heavy (non-hydrogen) atoms. The van der Waals surface area contributed by atoms with E-state index in [0.29, 0.717) is 30.4 Å². The summed E-state index contributed by atoms with van der Waals surface area (Å²) in [6, 6.07) is 8.27. The van der Waals surface area contributed by atoms with Gasteiger partial charge in [0, 0.05) is 17.8 Å². The number of nitrogens with two attached hydrogens (primary N) is 1. The van der Waals surface area contributed by atoms with Crippen molar-refractivity contribution < 1.29 is 9.53 Å². The van der Waals surface area contributed by atoms with Crippen LogP contribution in [0.15, 0.2) is 24.3 Å². The maximum atomic E-state index is 13.4. The maximum Gasteiger partial charge on any atom is 0.341 e. The van der Waals surface area contributed by atoms with Crippen molar-refractivity contribution in [2.75, 3.05) is 0 Å². The fourth-order valence-corrected chi connectivity index (χ4v) is 3.62. The second-order valence-electron chi connectivity index (χ2n) is 10.0. The van der Waals surface area contributed by atoms with Gasteiger partial charge in [-0.2, -0.15) is 0 Å². The molecule has 2 N–H and O–H groups in total. The zero-order valence-electron chi connectivity index (χ0n) is 19.9. The third kappa shape index (κ3) is 6.15. The molecule has 0 saturated heterocycles. The number of esters is 1. The minimum atomic E-state index is -0.587. The first-order valence-corrected chi connectivity index (χ1v) is 11.0. The Kier molecular flexibility index (Phi) is 7.81. The van der Waals surface area contributed by atoms with E-state index in [2.05, 4.69) is 58.9 Å². The highest BCUT2D eigenvalue weighted by molar-refractivity contribution is 5.99. The van der Waals surface area contributed by atoms with Gasteiger partial charge >= 0.3 is 5.97 Å². The van der Waals surface area contributed by atoms with Crippen LogP contribution in [-0.4, -0.2) is 16.6 Å². The number of aromatic nitrogens is 1. The van der Waals surface area contributed by atoms with E-state index in [0.717, 1.165) is 34.5 Å². The number of ether oxygens (including phenoxy) is 1. The van der Waals surface area contributed by atoms with Crippen molar-refractivity contribution in [3.8, 4) is 11.1 Å². The molecule has 0 aliphatic rings. The van der Waals surface area contributed by atoms with Crippen molar-refractivity contribution in [2.24, 2.45) is 17.6 Å². The minimum Gasteiger partial charge on any atom is -0.456 e. The van der Waals surface area contributed by atoms with Crippen LogP contribution in [-0.2, 0) is 24.1 Å². The van der Waals surface area contributed by atoms with E-state index in [-0.39, 0.29) is 5.97 Å². The summed E-state index contributed by atoms with van der Waals surface area (Å²) in [5.41, 5.74) is 12.0. The van der Waals surface area contributed by atoms with Gasteiger partial charge in [0.25, 0.3) is 0 Å². The van der Waals surface area contributed by atoms with Gasteiger partial charge in [-0.05, 0) is 63.5 Å². The van der Waals surface area contributed by atoms with Gasteiger partial charge in [0.1, 0.15) is 5.60 Å². The molecule has 2 rings (SSSR count). The van der Waals surface area contributed by atoms with Crippen LogP contribution in [0.3, 0.4) is 0 Å². The molecular formula is C26H38N2O2. The monoisotopic (exact) mass is 410 g/mol. The van der Waals surface area contributed by atoms with Crippen LogP contribution < -0.4 is 5.73 Å². The number of nitrogens with zero attached hydrogens (tertiary/aromatic N) is 1. The van der Waals surface area contributed by atoms with E-state index in [9.17, 15) is 4.79 Å². The van der Waals surface area contributed by atoms with Crippen LogP contribution in [0.25, 0.3) is 11.1 Å². The highest BCUT2D eigenvalue weighted by Crippen LogP contribution is 2.34. The summed E-state index contributed by atoms with van der Waals surface area (Å²) < 4.78 is 5.83. The normalized spacial score (nSPS) is 12.0. The fourth-order valence-electron chi connectivity index (χ4n) is 3.62. The van der Waals surface area contributed by atoms with Crippen LogP contribution in [0.4, 0.5) is 0 Å². The predicted octanol–water partition coefficient (Wildman–Crippen LogP) is 5.87. The molecule has 4 heteroatoms. The van der Waals surface area contributed by atoms with Gasteiger partial charge in [-0.15, -0.1) is 0 Å². The lowest BCUT2D eigenvalue weighted by atomic mass is 9.88. The lowest BCUT2D eigenvalue weighted by molar-refractivity contribution is 0.00684. The van der Waals surface area contributed by atoms with E-state index in [1.54, 1.807) is 0 Å². The molecule has 4 nitrogen and oxygen atoms in total. The van der Waals surface area contributed by atoms with Gasteiger partial charge in [-0.3, -0.25) is 4.98 Å². The largest absolute Gasteiger partial charge is 0.456 e. The molecule has 0 spiro atoms. The summed E-state index contributed by atoms with van der Waals surface area (Å²) >= 11 is 0. The Morgan fingerprint density at radius 1 is 1.00 bits per heavy atom. The number of carbonyl (C=O) groups is 1. The molecule has 0 fully saturated rings. The first kappa shape index (κ1) is 24.1. The Balaban J connectivity index is 2.88. The zero-order valence-corrected chi connectivity index (χ0v) is 19.9. The zero-order chi connectivity index (χ0) is 22.6. The summed E-state index contributed by atoms with van der Waals surface area (Å²) in [4.78, 5) is 18.4. The Bertz CT molecular complexity index is 875. The average Bonchev–Trinajstić information content (AvgIpc) is 2.59. The smallest absolute Gasteiger partial charge is 0.341 e. The minimum absolute atomic E-state index is 0.327. The Morgan fingerprint density at radius 3 is 2.00 bits per heavy atom. The molecule has 1 aromatic carbocycles. The molecule has 1 aromatic heterocycles. The number of rotatable bonds is 7. The Hall–Kier alpha value is -2.20. The van der Waals surface area contributed by atoms with Crippen molar-refractivity contribution in [1.82, 2.24) is 4.98 Å². The van der Waals surface area contributed by atoms with Gasteiger partial charge in [0.2, 0.25) is 0 Å². The molecule has 0 aliphatic heterocycles. The first-order valence-electron chi connectivity index (χ1n) is 11.0. The molecule has 0 aliphatic carbocycles. The van der Waals surface area contributed by atoms with Gasteiger partial charge in [0.15, 0.2) is 0 Å². The summed E-state index contributed by atoms with van der Waals surface area (Å²) in [6.07, 6.45) is 1.54. The molecule has 0 unspecified atom stereocenters. The molecule has 0 atom stereocenters. The maximum absolute atomic E-state index is 13.4. The van der Waals surface area contributed by atoms with Gasteiger partial charge in [-0.1, -0.05) is 57.5 Å². The second-order valence-corrected chi connectivity index (χ2v) is 10.0. The molecular weight excluding hydrogens is 372 g/mol. The van der Waals surface area contributed by atoms with Crippen molar-refractivity contribution >= 4 is 5.97 Å². The SMILES string of the molecule is Cc1ccc(-c2c(CN)c(CC(C)C)nc(CC(C)C)c2C(=O)OC(C)(C)C)cc1. The average molecular weight is 411 g/mol. The standard InChI is InChI=1S/C26H38N2O2/c1-16(2)13-21-20(15-27)23(19-11-9-18(5)10-12-19)24(22(28-21)14-17(3)4)25(29)30-26(6,7)8/h9-12,16-17H,13-15,27H2,1-8H3. The summed E-state index contributed by atoms with van der Waals surface area (Å²) in [6.45, 7) is 16.7. The third-order valence-corrected chi connectivity index (χ3v) is 4.81. The lowest BCUT2D eigenvalue weighted by Crippen LogP contribution is -2.27. The van der Waals surface area contributed by atoms with Crippen LogP contribution in [0, 0.1) is 18.8 Å². The van der Waals surface area contributed by atoms with Crippen molar-refractivity contribution in [3.63, 3.8) is 0 Å². The summed E-state index contributed by atoms with van der Waals surface area (Å²) in [7, 11) is 0. The lowest BCUT2D eigenvalue weighted by Gasteiger charge is -2.25. The quantitative estimate of drug-likeness (QED) is 0.580. The van der Waals surface area contributed by atoms with Crippen LogP contribution in [0.2, 0.25) is 0 Å². The number of hydrogen-bond acceptors (Lipinski definition) is 4. The highest BCUT2D eigenvalue weighted by atomic mass is 16.6. The van der Waals surface area contributed by atoms with Gasteiger partial charge in [0.05, 0.1) is 11.3 Å². The van der Waals surface area contributed by atoms with Crippen LogP contribution in [0.5, 0.6) is 0 Å². The fraction of sp³-hybridized carbons (Fsp3) is 0.538. The number of carbonyl (C=O) groups excluding carboxylic acids is 1. The third-order valence-electron chi connectivity index (χ3n) is 4.81. The molecule has 0 saturated carbocycles. The predicted molar refractivity (Wildman–Crippen MR) is 125 cm³/mol. The van der Waals surface area contributed by atoms with E-state index in [1.807, 2.05) is 20.8 Å². The molecule has 164 valence electrons. The van der Waals surface area contributed by atoms with Crippen LogP contribution in [0.1, 0.15) is 81.3 Å². The van der Waals surface area contributed by atoms with Crippen molar-refractivity contribution in [2.45, 2.75) is 80.4 Å². The van der Waals surface area contributed by atoms with Crippen molar-refractivity contribution in [3.05, 3.63) is 52.3 Å². The van der Waals surface area contributed by atoms with E-state index < -0.39 is 5.60 Å². The number of hydrogen-bond donors (Lipinski definition) is 1. The first-order chi connectivity index (χ1) is 13.9. The summed E-state index contributed by atoms with van der Waals surface area (Å²) in [5, 5.41) is 0. The number of aryl methyl sites for hydroxylation is 1. The van der Waals surface area contributed by atoms with Crippen molar-refractivity contribution in [1.29, 1.82) is 0 Å². The van der Waals surface area contributed by atoms with Crippen LogP contribution >= 0.6 is 0 Å². The van der Waals surface area contributed by atoms with Gasteiger partial charge < -0.3 is 10.5 Å². The number of benzene rings is 1. The second kappa shape index (κ2) is 9.74. The molecule has 1 heterocycles. The van der Waals surface area contributed by atoms with E-state index >= 15 is 0 Å². The Morgan fingerprint density at radius 2 is 1.53 bits per heavy atom. The highest BCUT2D eigenvalue weighted by Gasteiger charge is 2.29. The Labute approximate surface area is 182 Å². The molecule has 0 bridgehead atoms. The topological polar surface area (TPSA) is 65.2 Å².